The molecule has 1 fully saturated rings. The van der Waals surface area contributed by atoms with E-state index in [1.807, 2.05) is 45.0 Å². The summed E-state index contributed by atoms with van der Waals surface area (Å²) in [6.45, 7) is 8.61. The van der Waals surface area contributed by atoms with E-state index in [9.17, 15) is 4.79 Å². The van der Waals surface area contributed by atoms with E-state index in [0.29, 0.717) is 13.1 Å². The van der Waals surface area contributed by atoms with Crippen molar-refractivity contribution >= 4 is 17.7 Å². The lowest BCUT2D eigenvalue weighted by Gasteiger charge is -2.28. The molecule has 1 heterocycles. The van der Waals surface area contributed by atoms with Crippen molar-refractivity contribution in [3.05, 3.63) is 34.9 Å². The lowest BCUT2D eigenvalue weighted by Crippen LogP contribution is -2.39. The number of ether oxygens (including phenoxy) is 1. The van der Waals surface area contributed by atoms with Crippen molar-refractivity contribution in [2.24, 2.45) is 0 Å². The second-order valence-electron chi connectivity index (χ2n) is 6.38. The first-order chi connectivity index (χ1) is 9.85. The molecule has 1 N–H and O–H groups in total. The smallest absolute Gasteiger partial charge is 0.410 e. The first-order valence-electron chi connectivity index (χ1n) is 7.29. The SMILES string of the molecule is CC(C)(C)OC(=O)N1CCNCC(c2ccc(Cl)cc2)C1. The molecule has 5 heteroatoms. The van der Waals surface area contributed by atoms with Crippen LogP contribution in [-0.4, -0.2) is 42.8 Å². The number of halogens is 1. The lowest BCUT2D eigenvalue weighted by molar-refractivity contribution is 0.0255. The molecule has 0 radical (unpaired) electrons. The van der Waals surface area contributed by atoms with Gasteiger partial charge in [-0.1, -0.05) is 23.7 Å². The molecule has 0 spiro atoms. The third-order valence-corrected chi connectivity index (χ3v) is 3.64. The second-order valence-corrected chi connectivity index (χ2v) is 6.82. The maximum absolute atomic E-state index is 12.3. The summed E-state index contributed by atoms with van der Waals surface area (Å²) in [5.74, 6) is 0.247. The van der Waals surface area contributed by atoms with Crippen molar-refractivity contribution in [2.75, 3.05) is 26.2 Å². The summed E-state index contributed by atoms with van der Waals surface area (Å²) in [5, 5.41) is 4.10. The van der Waals surface area contributed by atoms with Crippen LogP contribution in [0.2, 0.25) is 5.02 Å². The van der Waals surface area contributed by atoms with Crippen LogP contribution >= 0.6 is 11.6 Å². The molecular formula is C16H23ClN2O2. The summed E-state index contributed by atoms with van der Waals surface area (Å²) in [6, 6.07) is 7.82. The van der Waals surface area contributed by atoms with Gasteiger partial charge < -0.3 is 15.0 Å². The molecule has 0 bridgehead atoms. The number of amides is 1. The molecule has 21 heavy (non-hydrogen) atoms. The highest BCUT2D eigenvalue weighted by atomic mass is 35.5. The molecule has 1 atom stereocenters. The van der Waals surface area contributed by atoms with Crippen molar-refractivity contribution in [3.63, 3.8) is 0 Å². The van der Waals surface area contributed by atoms with Crippen molar-refractivity contribution in [1.82, 2.24) is 10.2 Å². The van der Waals surface area contributed by atoms with E-state index in [-0.39, 0.29) is 12.0 Å². The Bertz CT molecular complexity index is 482. The number of benzene rings is 1. The molecule has 1 amide bonds. The van der Waals surface area contributed by atoms with Crippen LogP contribution in [0.3, 0.4) is 0 Å². The van der Waals surface area contributed by atoms with Gasteiger partial charge in [0.05, 0.1) is 0 Å². The Morgan fingerprint density at radius 2 is 2.00 bits per heavy atom. The molecular weight excluding hydrogens is 288 g/mol. The maximum Gasteiger partial charge on any atom is 0.410 e. The zero-order valence-electron chi connectivity index (χ0n) is 12.9. The summed E-state index contributed by atoms with van der Waals surface area (Å²) < 4.78 is 5.47. The minimum atomic E-state index is -0.466. The summed E-state index contributed by atoms with van der Waals surface area (Å²) in [7, 11) is 0. The molecule has 4 nitrogen and oxygen atoms in total. The van der Waals surface area contributed by atoms with E-state index in [0.717, 1.165) is 18.1 Å². The maximum atomic E-state index is 12.3. The molecule has 0 aliphatic carbocycles. The van der Waals surface area contributed by atoms with Crippen molar-refractivity contribution < 1.29 is 9.53 Å². The second kappa shape index (κ2) is 6.67. The Balaban J connectivity index is 2.07. The number of carbonyl (C=O) groups excluding carboxylic acids is 1. The van der Waals surface area contributed by atoms with Crippen LogP contribution in [0.1, 0.15) is 32.3 Å². The van der Waals surface area contributed by atoms with Gasteiger partial charge in [0.15, 0.2) is 0 Å². The van der Waals surface area contributed by atoms with Gasteiger partial charge in [0, 0.05) is 37.1 Å². The number of nitrogens with zero attached hydrogens (tertiary/aromatic N) is 1. The highest BCUT2D eigenvalue weighted by molar-refractivity contribution is 6.30. The van der Waals surface area contributed by atoms with Crippen LogP contribution in [0, 0.1) is 0 Å². The van der Waals surface area contributed by atoms with E-state index in [2.05, 4.69) is 5.32 Å². The van der Waals surface area contributed by atoms with Crippen molar-refractivity contribution in [1.29, 1.82) is 0 Å². The van der Waals surface area contributed by atoms with Gasteiger partial charge in [-0.2, -0.15) is 0 Å². The zero-order chi connectivity index (χ0) is 15.5. The van der Waals surface area contributed by atoms with E-state index < -0.39 is 5.60 Å². The van der Waals surface area contributed by atoms with Crippen LogP contribution in [0.15, 0.2) is 24.3 Å². The molecule has 116 valence electrons. The molecule has 1 aliphatic heterocycles. The number of carbonyl (C=O) groups is 1. The van der Waals surface area contributed by atoms with Crippen LogP contribution in [0.4, 0.5) is 4.79 Å². The average Bonchev–Trinajstić information content (AvgIpc) is 2.63. The largest absolute Gasteiger partial charge is 0.444 e. The monoisotopic (exact) mass is 310 g/mol. The van der Waals surface area contributed by atoms with Gasteiger partial charge in [-0.3, -0.25) is 0 Å². The number of rotatable bonds is 1. The lowest BCUT2D eigenvalue weighted by atomic mass is 9.99. The van der Waals surface area contributed by atoms with Crippen LogP contribution in [0.25, 0.3) is 0 Å². The molecule has 0 saturated carbocycles. The summed E-state index contributed by atoms with van der Waals surface area (Å²) >= 11 is 5.93. The fourth-order valence-corrected chi connectivity index (χ4v) is 2.49. The van der Waals surface area contributed by atoms with Gasteiger partial charge in [-0.05, 0) is 38.5 Å². The predicted octanol–water partition coefficient (Wildman–Crippen LogP) is 3.26. The Kier molecular flexibility index (Phi) is 5.12. The Hall–Kier alpha value is -1.26. The van der Waals surface area contributed by atoms with E-state index >= 15 is 0 Å². The minimum Gasteiger partial charge on any atom is -0.444 e. The fraction of sp³-hybridized carbons (Fsp3) is 0.562. The van der Waals surface area contributed by atoms with Crippen LogP contribution in [0.5, 0.6) is 0 Å². The molecule has 1 saturated heterocycles. The van der Waals surface area contributed by atoms with Gasteiger partial charge in [-0.25, -0.2) is 4.79 Å². The molecule has 1 unspecified atom stereocenters. The minimum absolute atomic E-state index is 0.245. The van der Waals surface area contributed by atoms with Crippen LogP contribution < -0.4 is 5.32 Å². The zero-order valence-corrected chi connectivity index (χ0v) is 13.6. The average molecular weight is 311 g/mol. The standard InChI is InChI=1S/C16H23ClN2O2/c1-16(2,3)21-15(20)19-9-8-18-10-13(11-19)12-4-6-14(17)7-5-12/h4-7,13,18H,8-11H2,1-3H3. The fourth-order valence-electron chi connectivity index (χ4n) is 2.36. The quantitative estimate of drug-likeness (QED) is 0.865. The van der Waals surface area contributed by atoms with Gasteiger partial charge in [0.1, 0.15) is 5.60 Å². The van der Waals surface area contributed by atoms with Crippen molar-refractivity contribution in [2.45, 2.75) is 32.3 Å². The Labute approximate surface area is 131 Å². The number of nitrogens with one attached hydrogen (secondary N) is 1. The topological polar surface area (TPSA) is 41.6 Å². The summed E-state index contributed by atoms with van der Waals surface area (Å²) in [4.78, 5) is 14.0. The summed E-state index contributed by atoms with van der Waals surface area (Å²) in [6.07, 6.45) is -0.245. The third-order valence-electron chi connectivity index (χ3n) is 3.38. The predicted molar refractivity (Wildman–Crippen MR) is 84.9 cm³/mol. The highest BCUT2D eigenvalue weighted by Crippen LogP contribution is 2.21. The normalized spacial score (nSPS) is 20.0. The van der Waals surface area contributed by atoms with E-state index in [4.69, 9.17) is 16.3 Å². The first-order valence-corrected chi connectivity index (χ1v) is 7.67. The van der Waals surface area contributed by atoms with Crippen LogP contribution in [-0.2, 0) is 4.74 Å². The van der Waals surface area contributed by atoms with Gasteiger partial charge in [0.25, 0.3) is 0 Å². The Morgan fingerprint density at radius 1 is 1.33 bits per heavy atom. The third kappa shape index (κ3) is 4.90. The molecule has 0 aromatic heterocycles. The van der Waals surface area contributed by atoms with Crippen molar-refractivity contribution in [3.8, 4) is 0 Å². The number of hydrogen-bond acceptors (Lipinski definition) is 3. The molecule has 1 aromatic rings. The highest BCUT2D eigenvalue weighted by Gasteiger charge is 2.26. The molecule has 1 aromatic carbocycles. The molecule has 1 aliphatic rings. The van der Waals surface area contributed by atoms with E-state index in [1.54, 1.807) is 4.90 Å². The van der Waals surface area contributed by atoms with E-state index in [1.165, 1.54) is 5.56 Å². The van der Waals surface area contributed by atoms with Gasteiger partial charge in [-0.15, -0.1) is 0 Å². The first kappa shape index (κ1) is 16.1. The Morgan fingerprint density at radius 3 is 2.62 bits per heavy atom. The van der Waals surface area contributed by atoms with Gasteiger partial charge >= 0.3 is 6.09 Å². The number of hydrogen-bond donors (Lipinski definition) is 1. The summed E-state index contributed by atoms with van der Waals surface area (Å²) in [5.41, 5.74) is 0.717. The van der Waals surface area contributed by atoms with Gasteiger partial charge in [0.2, 0.25) is 0 Å². The molecule has 2 rings (SSSR count).